The van der Waals surface area contributed by atoms with Crippen molar-refractivity contribution in [3.05, 3.63) is 28.8 Å². The lowest BCUT2D eigenvalue weighted by Crippen LogP contribution is -2.43. The van der Waals surface area contributed by atoms with Gasteiger partial charge in [-0.05, 0) is 48.8 Å². The number of thioether (sulfide) groups is 1. The molecule has 1 fully saturated rings. The Hall–Kier alpha value is -0.910. The van der Waals surface area contributed by atoms with Crippen LogP contribution in [0.4, 0.5) is 10.5 Å². The fourth-order valence-corrected chi connectivity index (χ4v) is 3.33. The van der Waals surface area contributed by atoms with Crippen LogP contribution in [0.25, 0.3) is 0 Å². The molecule has 2 N–H and O–H groups in total. The first-order chi connectivity index (χ1) is 10.1. The Morgan fingerprint density at radius 3 is 3.10 bits per heavy atom. The SMILES string of the molecule is CSCc1cc(NC(=O)N2CCCC(CO)C2)ccc1Cl. The third kappa shape index (κ3) is 4.53. The number of urea groups is 1. The summed E-state index contributed by atoms with van der Waals surface area (Å²) >= 11 is 7.83. The van der Waals surface area contributed by atoms with Crippen molar-refractivity contribution in [3.8, 4) is 0 Å². The summed E-state index contributed by atoms with van der Waals surface area (Å²) in [4.78, 5) is 14.0. The Balaban J connectivity index is 2.00. The minimum absolute atomic E-state index is 0.106. The van der Waals surface area contributed by atoms with E-state index in [1.807, 2.05) is 24.5 Å². The monoisotopic (exact) mass is 328 g/mol. The standard InChI is InChI=1S/C15H21ClN2O2S/c1-21-10-12-7-13(4-5-14(12)16)17-15(20)18-6-2-3-11(8-18)9-19/h4-5,7,11,19H,2-3,6,8-10H2,1H3,(H,17,20). The average molecular weight is 329 g/mol. The van der Waals surface area contributed by atoms with Crippen LogP contribution in [0.2, 0.25) is 5.02 Å². The number of aliphatic hydroxyl groups is 1. The summed E-state index contributed by atoms with van der Waals surface area (Å²) in [5.74, 6) is 1.01. The summed E-state index contributed by atoms with van der Waals surface area (Å²) in [5.41, 5.74) is 1.79. The van der Waals surface area contributed by atoms with Crippen LogP contribution in [0.5, 0.6) is 0 Å². The first kappa shape index (κ1) is 16.5. The number of benzene rings is 1. The number of carbonyl (C=O) groups excluding carboxylic acids is 1. The molecule has 1 aromatic carbocycles. The second-order valence-electron chi connectivity index (χ2n) is 5.31. The molecule has 2 amide bonds. The minimum Gasteiger partial charge on any atom is -0.396 e. The summed E-state index contributed by atoms with van der Waals surface area (Å²) in [6, 6.07) is 5.45. The fourth-order valence-electron chi connectivity index (χ4n) is 2.52. The van der Waals surface area contributed by atoms with Crippen LogP contribution in [0, 0.1) is 5.92 Å². The molecule has 4 nitrogen and oxygen atoms in total. The molecule has 0 radical (unpaired) electrons. The van der Waals surface area contributed by atoms with Crippen LogP contribution >= 0.6 is 23.4 Å². The van der Waals surface area contributed by atoms with E-state index in [0.717, 1.165) is 41.4 Å². The largest absolute Gasteiger partial charge is 0.396 e. The van der Waals surface area contributed by atoms with Gasteiger partial charge in [0.2, 0.25) is 0 Å². The maximum Gasteiger partial charge on any atom is 0.321 e. The molecule has 1 saturated heterocycles. The van der Waals surface area contributed by atoms with Crippen molar-refractivity contribution in [1.82, 2.24) is 4.90 Å². The number of carbonyl (C=O) groups is 1. The number of piperidine rings is 1. The van der Waals surface area contributed by atoms with Crippen molar-refractivity contribution in [2.75, 3.05) is 31.3 Å². The number of rotatable bonds is 4. The molecule has 1 aliphatic heterocycles. The van der Waals surface area contributed by atoms with E-state index >= 15 is 0 Å². The number of amides is 2. The lowest BCUT2D eigenvalue weighted by atomic mass is 9.99. The van der Waals surface area contributed by atoms with Crippen molar-refractivity contribution in [3.63, 3.8) is 0 Å². The molecule has 0 saturated carbocycles. The predicted molar refractivity (Wildman–Crippen MR) is 89.1 cm³/mol. The van der Waals surface area contributed by atoms with E-state index in [1.54, 1.807) is 16.7 Å². The Bertz CT molecular complexity index is 499. The Kier molecular flexibility index (Phi) is 6.21. The molecule has 2 rings (SSSR count). The van der Waals surface area contributed by atoms with Crippen molar-refractivity contribution >= 4 is 35.1 Å². The summed E-state index contributed by atoms with van der Waals surface area (Å²) < 4.78 is 0. The van der Waals surface area contributed by atoms with Crippen molar-refractivity contribution in [2.45, 2.75) is 18.6 Å². The zero-order valence-electron chi connectivity index (χ0n) is 12.1. The van der Waals surface area contributed by atoms with Gasteiger partial charge in [-0.25, -0.2) is 4.79 Å². The van der Waals surface area contributed by atoms with E-state index in [4.69, 9.17) is 11.6 Å². The van der Waals surface area contributed by atoms with Crippen LogP contribution in [0.15, 0.2) is 18.2 Å². The highest BCUT2D eigenvalue weighted by Crippen LogP contribution is 2.24. The van der Waals surface area contributed by atoms with Crippen LogP contribution in [-0.4, -0.2) is 42.0 Å². The van der Waals surface area contributed by atoms with Gasteiger partial charge < -0.3 is 15.3 Å². The fraction of sp³-hybridized carbons (Fsp3) is 0.533. The summed E-state index contributed by atoms with van der Waals surface area (Å²) in [5, 5.41) is 12.9. The summed E-state index contributed by atoms with van der Waals surface area (Å²) in [6.07, 6.45) is 3.94. The number of nitrogens with zero attached hydrogens (tertiary/aromatic N) is 1. The number of hydrogen-bond donors (Lipinski definition) is 2. The van der Waals surface area contributed by atoms with Gasteiger partial charge in [-0.15, -0.1) is 0 Å². The van der Waals surface area contributed by atoms with Gasteiger partial charge in [-0.1, -0.05) is 11.6 Å². The molecule has 1 atom stereocenters. The van der Waals surface area contributed by atoms with Gasteiger partial charge >= 0.3 is 6.03 Å². The van der Waals surface area contributed by atoms with Gasteiger partial charge in [-0.3, -0.25) is 0 Å². The molecular formula is C15H21ClN2O2S. The van der Waals surface area contributed by atoms with Crippen molar-refractivity contribution < 1.29 is 9.90 Å². The zero-order chi connectivity index (χ0) is 15.2. The van der Waals surface area contributed by atoms with E-state index in [2.05, 4.69) is 5.32 Å². The first-order valence-electron chi connectivity index (χ1n) is 7.08. The number of nitrogens with one attached hydrogen (secondary N) is 1. The van der Waals surface area contributed by atoms with E-state index in [-0.39, 0.29) is 18.6 Å². The molecule has 1 heterocycles. The van der Waals surface area contributed by atoms with E-state index in [1.165, 1.54) is 0 Å². The molecule has 0 aliphatic carbocycles. The summed E-state index contributed by atoms with van der Waals surface area (Å²) in [7, 11) is 0. The number of aliphatic hydroxyl groups excluding tert-OH is 1. The van der Waals surface area contributed by atoms with Gasteiger partial charge in [0.15, 0.2) is 0 Å². The van der Waals surface area contributed by atoms with Gasteiger partial charge in [0, 0.05) is 36.2 Å². The van der Waals surface area contributed by atoms with Crippen LogP contribution in [0.3, 0.4) is 0 Å². The van der Waals surface area contributed by atoms with Gasteiger partial charge in [0.1, 0.15) is 0 Å². The molecule has 116 valence electrons. The molecule has 6 heteroatoms. The van der Waals surface area contributed by atoms with Crippen LogP contribution in [0.1, 0.15) is 18.4 Å². The van der Waals surface area contributed by atoms with Gasteiger partial charge in [-0.2, -0.15) is 11.8 Å². The second-order valence-corrected chi connectivity index (χ2v) is 6.58. The third-order valence-corrected chi connectivity index (χ3v) is 4.63. The highest BCUT2D eigenvalue weighted by atomic mass is 35.5. The molecule has 1 aromatic rings. The number of halogens is 1. The predicted octanol–water partition coefficient (Wildman–Crippen LogP) is 3.44. The first-order valence-corrected chi connectivity index (χ1v) is 8.85. The lowest BCUT2D eigenvalue weighted by molar-refractivity contribution is 0.136. The second kappa shape index (κ2) is 7.92. The van der Waals surface area contributed by atoms with Gasteiger partial charge in [0.05, 0.1) is 0 Å². The maximum absolute atomic E-state index is 12.3. The highest BCUT2D eigenvalue weighted by molar-refractivity contribution is 7.97. The summed E-state index contributed by atoms with van der Waals surface area (Å²) in [6.45, 7) is 1.50. The van der Waals surface area contributed by atoms with Gasteiger partial charge in [0.25, 0.3) is 0 Å². The number of anilines is 1. The zero-order valence-corrected chi connectivity index (χ0v) is 13.7. The lowest BCUT2D eigenvalue weighted by Gasteiger charge is -2.31. The normalized spacial score (nSPS) is 18.6. The molecule has 0 bridgehead atoms. The smallest absolute Gasteiger partial charge is 0.321 e. The molecule has 1 unspecified atom stereocenters. The molecule has 21 heavy (non-hydrogen) atoms. The number of hydrogen-bond acceptors (Lipinski definition) is 3. The van der Waals surface area contributed by atoms with Crippen LogP contribution in [-0.2, 0) is 5.75 Å². The van der Waals surface area contributed by atoms with E-state index in [9.17, 15) is 9.90 Å². The number of likely N-dealkylation sites (tertiary alicyclic amines) is 1. The Morgan fingerprint density at radius 2 is 2.38 bits per heavy atom. The average Bonchev–Trinajstić information content (AvgIpc) is 2.51. The quantitative estimate of drug-likeness (QED) is 0.890. The minimum atomic E-state index is -0.106. The maximum atomic E-state index is 12.3. The van der Waals surface area contributed by atoms with E-state index in [0.29, 0.717) is 6.54 Å². The Morgan fingerprint density at radius 1 is 1.57 bits per heavy atom. The van der Waals surface area contributed by atoms with Crippen molar-refractivity contribution in [2.24, 2.45) is 5.92 Å². The topological polar surface area (TPSA) is 52.6 Å². The van der Waals surface area contributed by atoms with E-state index < -0.39 is 0 Å². The Labute approximate surface area is 134 Å². The van der Waals surface area contributed by atoms with Crippen molar-refractivity contribution in [1.29, 1.82) is 0 Å². The molecular weight excluding hydrogens is 308 g/mol. The van der Waals surface area contributed by atoms with Crippen LogP contribution < -0.4 is 5.32 Å². The molecule has 1 aliphatic rings. The highest BCUT2D eigenvalue weighted by Gasteiger charge is 2.23. The third-order valence-electron chi connectivity index (χ3n) is 3.66. The molecule has 0 aromatic heterocycles. The molecule has 0 spiro atoms.